The standard InChI is InChI=1S/C15H13ClFN3/c1-20(9-11-7-13(19)3-4-14(11)16)15-5-2-12(17)6-10(15)8-18/h2-7H,9,19H2,1H3. The quantitative estimate of drug-likeness (QED) is 0.879. The third-order valence-corrected chi connectivity index (χ3v) is 3.34. The molecule has 0 aromatic heterocycles. The summed E-state index contributed by atoms with van der Waals surface area (Å²) in [5, 5.41) is 9.67. The van der Waals surface area contributed by atoms with Crippen molar-refractivity contribution < 1.29 is 4.39 Å². The van der Waals surface area contributed by atoms with Gasteiger partial charge in [0.1, 0.15) is 11.9 Å². The lowest BCUT2D eigenvalue weighted by Gasteiger charge is -2.21. The maximum Gasteiger partial charge on any atom is 0.124 e. The SMILES string of the molecule is CN(Cc1cc(N)ccc1Cl)c1ccc(F)cc1C#N. The summed E-state index contributed by atoms with van der Waals surface area (Å²) in [6, 6.07) is 11.4. The van der Waals surface area contributed by atoms with Gasteiger partial charge in [-0.3, -0.25) is 0 Å². The molecule has 0 fully saturated rings. The monoisotopic (exact) mass is 289 g/mol. The van der Waals surface area contributed by atoms with E-state index in [0.29, 0.717) is 22.9 Å². The summed E-state index contributed by atoms with van der Waals surface area (Å²) in [6.07, 6.45) is 0. The number of nitrogens with two attached hydrogens (primary N) is 1. The fourth-order valence-electron chi connectivity index (χ4n) is 1.99. The van der Waals surface area contributed by atoms with Crippen molar-refractivity contribution >= 4 is 23.0 Å². The minimum absolute atomic E-state index is 0.285. The van der Waals surface area contributed by atoms with Crippen molar-refractivity contribution in [1.82, 2.24) is 0 Å². The van der Waals surface area contributed by atoms with E-state index in [1.54, 1.807) is 24.3 Å². The van der Waals surface area contributed by atoms with Crippen LogP contribution in [0, 0.1) is 17.1 Å². The van der Waals surface area contributed by atoms with Crippen molar-refractivity contribution in [2.24, 2.45) is 0 Å². The normalized spacial score (nSPS) is 10.1. The lowest BCUT2D eigenvalue weighted by atomic mass is 10.1. The van der Waals surface area contributed by atoms with Gasteiger partial charge in [0.25, 0.3) is 0 Å². The Bertz CT molecular complexity index is 679. The van der Waals surface area contributed by atoms with E-state index in [1.165, 1.54) is 12.1 Å². The average molecular weight is 290 g/mol. The molecule has 0 heterocycles. The van der Waals surface area contributed by atoms with Gasteiger partial charge in [0.15, 0.2) is 0 Å². The van der Waals surface area contributed by atoms with Crippen molar-refractivity contribution in [2.75, 3.05) is 17.7 Å². The van der Waals surface area contributed by atoms with E-state index < -0.39 is 5.82 Å². The highest BCUT2D eigenvalue weighted by Gasteiger charge is 2.11. The number of benzene rings is 2. The van der Waals surface area contributed by atoms with Crippen molar-refractivity contribution in [3.8, 4) is 6.07 Å². The van der Waals surface area contributed by atoms with Gasteiger partial charge in [-0.15, -0.1) is 0 Å². The molecule has 0 radical (unpaired) electrons. The molecule has 0 aliphatic heterocycles. The first kappa shape index (κ1) is 14.2. The predicted molar refractivity (Wildman–Crippen MR) is 79.1 cm³/mol. The van der Waals surface area contributed by atoms with Crippen LogP contribution in [0.3, 0.4) is 0 Å². The lowest BCUT2D eigenvalue weighted by molar-refractivity contribution is 0.627. The summed E-state index contributed by atoms with van der Waals surface area (Å²) < 4.78 is 13.1. The number of anilines is 2. The van der Waals surface area contributed by atoms with Crippen molar-refractivity contribution in [3.05, 3.63) is 58.4 Å². The average Bonchev–Trinajstić information content (AvgIpc) is 2.42. The minimum Gasteiger partial charge on any atom is -0.399 e. The van der Waals surface area contributed by atoms with Crippen molar-refractivity contribution in [3.63, 3.8) is 0 Å². The van der Waals surface area contributed by atoms with Crippen molar-refractivity contribution in [1.29, 1.82) is 5.26 Å². The third-order valence-electron chi connectivity index (χ3n) is 2.97. The summed E-state index contributed by atoms with van der Waals surface area (Å²) in [5.74, 6) is -0.430. The van der Waals surface area contributed by atoms with Gasteiger partial charge in [0.05, 0.1) is 11.3 Å². The van der Waals surface area contributed by atoms with Gasteiger partial charge in [-0.2, -0.15) is 5.26 Å². The zero-order chi connectivity index (χ0) is 14.7. The second-order valence-electron chi connectivity index (χ2n) is 4.48. The number of hydrogen-bond acceptors (Lipinski definition) is 3. The smallest absolute Gasteiger partial charge is 0.124 e. The molecule has 0 aliphatic carbocycles. The molecule has 0 spiro atoms. The molecule has 0 amide bonds. The molecule has 0 aliphatic rings. The van der Waals surface area contributed by atoms with E-state index in [4.69, 9.17) is 22.6 Å². The second-order valence-corrected chi connectivity index (χ2v) is 4.89. The Morgan fingerprint density at radius 3 is 2.75 bits per heavy atom. The van der Waals surface area contributed by atoms with Crippen LogP contribution in [-0.4, -0.2) is 7.05 Å². The van der Waals surface area contributed by atoms with Crippen LogP contribution in [-0.2, 0) is 6.54 Å². The van der Waals surface area contributed by atoms with Crippen LogP contribution >= 0.6 is 11.6 Å². The summed E-state index contributed by atoms with van der Waals surface area (Å²) in [4.78, 5) is 1.83. The first-order valence-electron chi connectivity index (χ1n) is 5.96. The molecule has 2 N–H and O–H groups in total. The third kappa shape index (κ3) is 3.01. The maximum atomic E-state index is 13.1. The molecule has 2 aromatic rings. The molecule has 102 valence electrons. The molecule has 2 rings (SSSR count). The molecular formula is C15H13ClFN3. The highest BCUT2D eigenvalue weighted by Crippen LogP contribution is 2.25. The molecule has 5 heteroatoms. The van der Waals surface area contributed by atoms with Gasteiger partial charge in [-0.1, -0.05) is 11.6 Å². The van der Waals surface area contributed by atoms with E-state index in [0.717, 1.165) is 5.56 Å². The Hall–Kier alpha value is -2.25. The van der Waals surface area contributed by atoms with Crippen LogP contribution in [0.15, 0.2) is 36.4 Å². The number of rotatable bonds is 3. The molecular weight excluding hydrogens is 277 g/mol. The largest absolute Gasteiger partial charge is 0.399 e. The molecule has 0 saturated heterocycles. The van der Waals surface area contributed by atoms with Crippen LogP contribution in [0.25, 0.3) is 0 Å². The zero-order valence-corrected chi connectivity index (χ0v) is 11.7. The molecule has 2 aromatic carbocycles. The second kappa shape index (κ2) is 5.81. The molecule has 0 atom stereocenters. The number of nitrogen functional groups attached to an aromatic ring is 1. The molecule has 0 bridgehead atoms. The summed E-state index contributed by atoms with van der Waals surface area (Å²) >= 11 is 6.12. The molecule has 0 saturated carbocycles. The Kier molecular flexibility index (Phi) is 4.11. The number of nitriles is 1. The summed E-state index contributed by atoms with van der Waals surface area (Å²) in [7, 11) is 1.81. The summed E-state index contributed by atoms with van der Waals surface area (Å²) in [5.41, 5.74) is 8.14. The molecule has 3 nitrogen and oxygen atoms in total. The van der Waals surface area contributed by atoms with Crippen molar-refractivity contribution in [2.45, 2.75) is 6.54 Å². The Balaban J connectivity index is 2.31. The van der Waals surface area contributed by atoms with Gasteiger partial charge < -0.3 is 10.6 Å². The maximum absolute atomic E-state index is 13.1. The highest BCUT2D eigenvalue weighted by molar-refractivity contribution is 6.31. The Morgan fingerprint density at radius 2 is 2.05 bits per heavy atom. The van der Waals surface area contributed by atoms with E-state index in [2.05, 4.69) is 0 Å². The zero-order valence-electron chi connectivity index (χ0n) is 10.9. The number of nitrogens with zero attached hydrogens (tertiary/aromatic N) is 2. The first-order chi connectivity index (χ1) is 9.51. The van der Waals surface area contributed by atoms with E-state index in [1.807, 2.05) is 18.0 Å². The van der Waals surface area contributed by atoms with E-state index in [-0.39, 0.29) is 5.56 Å². The lowest BCUT2D eigenvalue weighted by Crippen LogP contribution is -2.18. The van der Waals surface area contributed by atoms with Gasteiger partial charge >= 0.3 is 0 Å². The van der Waals surface area contributed by atoms with Crippen LogP contribution < -0.4 is 10.6 Å². The van der Waals surface area contributed by atoms with Gasteiger partial charge in [0, 0.05) is 24.3 Å². The fourth-order valence-corrected chi connectivity index (χ4v) is 2.16. The fraction of sp³-hybridized carbons (Fsp3) is 0.133. The number of hydrogen-bond donors (Lipinski definition) is 1. The van der Waals surface area contributed by atoms with Crippen LogP contribution in [0.4, 0.5) is 15.8 Å². The topological polar surface area (TPSA) is 53.0 Å². The van der Waals surface area contributed by atoms with E-state index in [9.17, 15) is 4.39 Å². The van der Waals surface area contributed by atoms with Gasteiger partial charge in [0.2, 0.25) is 0 Å². The van der Waals surface area contributed by atoms with Crippen LogP contribution in [0.5, 0.6) is 0 Å². The van der Waals surface area contributed by atoms with Crippen LogP contribution in [0.2, 0.25) is 5.02 Å². The first-order valence-corrected chi connectivity index (χ1v) is 6.33. The summed E-state index contributed by atoms with van der Waals surface area (Å²) in [6.45, 7) is 0.476. The number of halogens is 2. The Labute approximate surface area is 122 Å². The van der Waals surface area contributed by atoms with Crippen LogP contribution in [0.1, 0.15) is 11.1 Å². The van der Waals surface area contributed by atoms with Gasteiger partial charge in [-0.05, 0) is 42.0 Å². The molecule has 20 heavy (non-hydrogen) atoms. The highest BCUT2D eigenvalue weighted by atomic mass is 35.5. The Morgan fingerprint density at radius 1 is 1.30 bits per heavy atom. The minimum atomic E-state index is -0.430. The van der Waals surface area contributed by atoms with Gasteiger partial charge in [-0.25, -0.2) is 4.39 Å². The predicted octanol–water partition coefficient (Wildman–Crippen LogP) is 3.57. The molecule has 0 unspecified atom stereocenters. The van der Waals surface area contributed by atoms with E-state index >= 15 is 0 Å².